The van der Waals surface area contributed by atoms with E-state index in [4.69, 9.17) is 16.8 Å². The van der Waals surface area contributed by atoms with Crippen LogP contribution < -0.4 is 21.5 Å². The number of hydrogen-bond donors (Lipinski definition) is 1. The highest BCUT2D eigenvalue weighted by Gasteiger charge is 2.15. The van der Waals surface area contributed by atoms with Gasteiger partial charge in [0.25, 0.3) is 0 Å². The molecule has 0 radical (unpaired) electrons. The molecule has 2 aromatic rings. The number of halogens is 2. The van der Waals surface area contributed by atoms with Crippen LogP contribution in [0.1, 0.15) is 16.1 Å². The van der Waals surface area contributed by atoms with Crippen LogP contribution in [0, 0.1) is 0 Å². The minimum absolute atomic E-state index is 0. The van der Waals surface area contributed by atoms with E-state index in [-0.39, 0.29) is 29.3 Å². The van der Waals surface area contributed by atoms with Crippen LogP contribution in [0.4, 0.5) is 0 Å². The molecule has 0 saturated heterocycles. The lowest BCUT2D eigenvalue weighted by Crippen LogP contribution is -3.00. The van der Waals surface area contributed by atoms with Gasteiger partial charge in [-0.3, -0.25) is 4.79 Å². The quantitative estimate of drug-likeness (QED) is 0.260. The summed E-state index contributed by atoms with van der Waals surface area (Å²) in [6.45, 7) is 0.170. The van der Waals surface area contributed by atoms with Gasteiger partial charge >= 0.3 is 0 Å². The molecule has 1 N–H and O–H groups in total. The van der Waals surface area contributed by atoms with Gasteiger partial charge in [-0.15, -0.1) is 0 Å². The molecule has 20 heavy (non-hydrogen) atoms. The number of nitrogens with zero attached hydrogens (tertiary/aromatic N) is 2. The minimum Gasteiger partial charge on any atom is -1.00 e. The summed E-state index contributed by atoms with van der Waals surface area (Å²) in [5.41, 5.74) is 1.24. The summed E-state index contributed by atoms with van der Waals surface area (Å²) in [6, 6.07) is 12.1. The topological polar surface area (TPSA) is 53.5 Å². The SMILES string of the molecule is O=C(C[n+]1ccccc1C=NO)c1ccc(Cl)cc1.[Br-]. The van der Waals surface area contributed by atoms with Crippen LogP contribution in [0.15, 0.2) is 53.8 Å². The maximum absolute atomic E-state index is 12.1. The normalized spacial score (nSPS) is 10.2. The molecule has 0 bridgehead atoms. The molecule has 1 heterocycles. The monoisotopic (exact) mass is 354 g/mol. The van der Waals surface area contributed by atoms with Gasteiger partial charge in [-0.1, -0.05) is 16.8 Å². The summed E-state index contributed by atoms with van der Waals surface area (Å²) >= 11 is 5.78. The molecule has 0 spiro atoms. The van der Waals surface area contributed by atoms with Gasteiger partial charge in [0.1, 0.15) is 6.21 Å². The molecule has 0 amide bonds. The van der Waals surface area contributed by atoms with Gasteiger partial charge in [-0.05, 0) is 30.3 Å². The van der Waals surface area contributed by atoms with Crippen molar-refractivity contribution < 1.29 is 31.6 Å². The Labute approximate surface area is 132 Å². The third-order valence-corrected chi connectivity index (χ3v) is 2.90. The lowest BCUT2D eigenvalue weighted by molar-refractivity contribution is -0.684. The van der Waals surface area contributed by atoms with Crippen LogP contribution >= 0.6 is 11.6 Å². The van der Waals surface area contributed by atoms with E-state index in [1.54, 1.807) is 47.2 Å². The first-order valence-corrected chi connectivity index (χ1v) is 6.03. The molecule has 104 valence electrons. The number of ketones is 1. The van der Waals surface area contributed by atoms with E-state index in [1.807, 2.05) is 6.07 Å². The highest BCUT2D eigenvalue weighted by molar-refractivity contribution is 6.30. The predicted molar refractivity (Wildman–Crippen MR) is 71.8 cm³/mol. The third kappa shape index (κ3) is 4.15. The first-order valence-electron chi connectivity index (χ1n) is 5.65. The standard InChI is InChI=1S/C14H11ClN2O2.BrH/c15-12-6-4-11(5-7-12)14(18)10-17-8-2-1-3-13(17)9-16-19;/h1-9H,10H2;1H. The number of carbonyl (C=O) groups is 1. The number of benzene rings is 1. The Morgan fingerprint density at radius 1 is 1.25 bits per heavy atom. The van der Waals surface area contributed by atoms with Crippen LogP contribution in [-0.2, 0) is 6.54 Å². The molecule has 2 rings (SSSR count). The summed E-state index contributed by atoms with van der Waals surface area (Å²) in [6.07, 6.45) is 3.04. The van der Waals surface area contributed by atoms with E-state index in [0.29, 0.717) is 16.3 Å². The van der Waals surface area contributed by atoms with Crippen LogP contribution in [-0.4, -0.2) is 17.2 Å². The summed E-state index contributed by atoms with van der Waals surface area (Å²) in [4.78, 5) is 12.1. The molecule has 4 nitrogen and oxygen atoms in total. The summed E-state index contributed by atoms with van der Waals surface area (Å²) in [7, 11) is 0. The fourth-order valence-corrected chi connectivity index (χ4v) is 1.82. The molecule has 0 unspecified atom stereocenters. The number of pyridine rings is 1. The smallest absolute Gasteiger partial charge is 0.227 e. The van der Waals surface area contributed by atoms with Crippen LogP contribution in [0.5, 0.6) is 0 Å². The van der Waals surface area contributed by atoms with E-state index >= 15 is 0 Å². The van der Waals surface area contributed by atoms with Gasteiger partial charge in [0, 0.05) is 22.7 Å². The molecule has 6 heteroatoms. The van der Waals surface area contributed by atoms with E-state index in [1.165, 1.54) is 6.21 Å². The van der Waals surface area contributed by atoms with Gasteiger partial charge in [0.2, 0.25) is 18.0 Å². The second kappa shape index (κ2) is 7.77. The predicted octanol–water partition coefficient (Wildman–Crippen LogP) is -0.677. The van der Waals surface area contributed by atoms with Gasteiger partial charge in [0.05, 0.1) is 0 Å². The maximum atomic E-state index is 12.1. The second-order valence-corrected chi connectivity index (χ2v) is 4.36. The zero-order chi connectivity index (χ0) is 13.7. The first kappa shape index (κ1) is 16.3. The van der Waals surface area contributed by atoms with Crippen molar-refractivity contribution in [3.8, 4) is 0 Å². The average Bonchev–Trinajstić information content (AvgIpc) is 2.42. The number of rotatable bonds is 4. The van der Waals surface area contributed by atoms with E-state index < -0.39 is 0 Å². The van der Waals surface area contributed by atoms with Crippen molar-refractivity contribution in [1.82, 2.24) is 0 Å². The lowest BCUT2D eigenvalue weighted by atomic mass is 10.1. The molecule has 1 aromatic carbocycles. The molecule has 0 aliphatic carbocycles. The molecule has 1 aromatic heterocycles. The number of aromatic nitrogens is 1. The highest BCUT2D eigenvalue weighted by atomic mass is 79.9. The van der Waals surface area contributed by atoms with Gasteiger partial charge < -0.3 is 22.2 Å². The van der Waals surface area contributed by atoms with E-state index in [9.17, 15) is 4.79 Å². The fraction of sp³-hybridized carbons (Fsp3) is 0.0714. The Kier molecular flexibility index (Phi) is 6.35. The molecular formula is C14H12BrClN2O2. The molecule has 0 aliphatic rings. The van der Waals surface area contributed by atoms with Crippen molar-refractivity contribution in [3.05, 3.63) is 64.9 Å². The highest BCUT2D eigenvalue weighted by Crippen LogP contribution is 2.10. The Morgan fingerprint density at radius 2 is 1.95 bits per heavy atom. The van der Waals surface area contributed by atoms with Crippen LogP contribution in [0.3, 0.4) is 0 Å². The van der Waals surface area contributed by atoms with E-state index in [0.717, 1.165) is 0 Å². The third-order valence-electron chi connectivity index (χ3n) is 2.65. The minimum atomic E-state index is -0.0412. The van der Waals surface area contributed by atoms with Crippen molar-refractivity contribution in [2.45, 2.75) is 6.54 Å². The maximum Gasteiger partial charge on any atom is 0.227 e. The van der Waals surface area contributed by atoms with Crippen molar-refractivity contribution in [3.63, 3.8) is 0 Å². The second-order valence-electron chi connectivity index (χ2n) is 3.93. The lowest BCUT2D eigenvalue weighted by Gasteiger charge is -2.00. The van der Waals surface area contributed by atoms with Gasteiger partial charge in [0.15, 0.2) is 6.20 Å². The van der Waals surface area contributed by atoms with Crippen molar-refractivity contribution >= 4 is 23.6 Å². The molecule has 0 fully saturated rings. The van der Waals surface area contributed by atoms with E-state index in [2.05, 4.69) is 5.16 Å². The average molecular weight is 356 g/mol. The Bertz CT molecular complexity index is 615. The number of hydrogen-bond acceptors (Lipinski definition) is 3. The van der Waals surface area contributed by atoms with Crippen LogP contribution in [0.2, 0.25) is 5.02 Å². The molecule has 0 saturated carbocycles. The Morgan fingerprint density at radius 3 is 2.60 bits per heavy atom. The van der Waals surface area contributed by atoms with Crippen molar-refractivity contribution in [2.24, 2.45) is 5.16 Å². The van der Waals surface area contributed by atoms with Crippen molar-refractivity contribution in [1.29, 1.82) is 0 Å². The van der Waals surface area contributed by atoms with Gasteiger partial charge in [-0.2, -0.15) is 4.57 Å². The molecule has 0 aliphatic heterocycles. The molecule has 0 atom stereocenters. The Hall–Kier alpha value is -1.72. The first-order chi connectivity index (χ1) is 9.20. The summed E-state index contributed by atoms with van der Waals surface area (Å²) in [5, 5.41) is 12.2. The zero-order valence-corrected chi connectivity index (χ0v) is 12.8. The van der Waals surface area contributed by atoms with Crippen molar-refractivity contribution in [2.75, 3.05) is 0 Å². The largest absolute Gasteiger partial charge is 1.00 e. The summed E-state index contributed by atoms with van der Waals surface area (Å²) < 4.78 is 1.71. The zero-order valence-electron chi connectivity index (χ0n) is 10.4. The number of oxime groups is 1. The van der Waals surface area contributed by atoms with Gasteiger partial charge in [-0.25, -0.2) is 0 Å². The molecular weight excluding hydrogens is 344 g/mol. The number of Topliss-reactive ketones (excluding diaryl/α,β-unsaturated/α-hetero) is 1. The number of carbonyl (C=O) groups excluding carboxylic acids is 1. The Balaban J connectivity index is 0.00000200. The van der Waals surface area contributed by atoms with Crippen LogP contribution in [0.25, 0.3) is 0 Å². The summed E-state index contributed by atoms with van der Waals surface area (Å²) in [5.74, 6) is -0.0412. The fourth-order valence-electron chi connectivity index (χ4n) is 1.69.